The predicted molar refractivity (Wildman–Crippen MR) is 134 cm³/mol. The fourth-order valence-corrected chi connectivity index (χ4v) is 5.56. The minimum absolute atomic E-state index is 0.154. The standard InChI is InChI=1S/C26H23NO5S2/c1-27(34(29,30)26-8-5-17-33-26)23-13-15-24(16-14-23)31-19-25(28)32-18-20-9-11-22(12-10-20)21-6-3-2-4-7-21/h2-17H,18-19H2,1H3. The van der Waals surface area contributed by atoms with Gasteiger partial charge < -0.3 is 9.47 Å². The van der Waals surface area contributed by atoms with Crippen molar-refractivity contribution in [3.05, 3.63) is 102 Å². The van der Waals surface area contributed by atoms with Crippen molar-refractivity contribution in [2.75, 3.05) is 18.0 Å². The highest BCUT2D eigenvalue weighted by atomic mass is 32.2. The van der Waals surface area contributed by atoms with E-state index < -0.39 is 16.0 Å². The quantitative estimate of drug-likeness (QED) is 0.294. The van der Waals surface area contributed by atoms with E-state index in [9.17, 15) is 13.2 Å². The lowest BCUT2D eigenvalue weighted by Gasteiger charge is -2.18. The number of rotatable bonds is 9. The average molecular weight is 494 g/mol. The Labute approximate surface area is 203 Å². The molecule has 0 amide bonds. The lowest BCUT2D eigenvalue weighted by atomic mass is 10.0. The molecule has 0 radical (unpaired) electrons. The molecule has 0 N–H and O–H groups in total. The summed E-state index contributed by atoms with van der Waals surface area (Å²) in [5.41, 5.74) is 3.59. The Kier molecular flexibility index (Phi) is 7.30. The fourth-order valence-electron chi connectivity index (χ4n) is 3.21. The monoisotopic (exact) mass is 493 g/mol. The first-order valence-electron chi connectivity index (χ1n) is 10.5. The van der Waals surface area contributed by atoms with Crippen LogP contribution in [0.5, 0.6) is 5.75 Å². The van der Waals surface area contributed by atoms with Crippen molar-refractivity contribution in [2.45, 2.75) is 10.8 Å². The van der Waals surface area contributed by atoms with E-state index >= 15 is 0 Å². The summed E-state index contributed by atoms with van der Waals surface area (Å²) in [5.74, 6) is -0.0524. The van der Waals surface area contributed by atoms with Crippen LogP contribution in [0.1, 0.15) is 5.56 Å². The Morgan fingerprint density at radius 2 is 1.53 bits per heavy atom. The van der Waals surface area contributed by atoms with Gasteiger partial charge in [-0.1, -0.05) is 60.7 Å². The third-order valence-electron chi connectivity index (χ3n) is 5.13. The van der Waals surface area contributed by atoms with E-state index in [-0.39, 0.29) is 17.4 Å². The first-order chi connectivity index (χ1) is 16.4. The molecule has 3 aromatic carbocycles. The topological polar surface area (TPSA) is 72.9 Å². The van der Waals surface area contributed by atoms with Crippen LogP contribution in [0, 0.1) is 0 Å². The van der Waals surface area contributed by atoms with Gasteiger partial charge in [-0.2, -0.15) is 0 Å². The Morgan fingerprint density at radius 1 is 0.853 bits per heavy atom. The molecule has 4 aromatic rings. The van der Waals surface area contributed by atoms with E-state index in [4.69, 9.17) is 9.47 Å². The second-order valence-corrected chi connectivity index (χ2v) is 10.6. The van der Waals surface area contributed by atoms with E-state index in [0.717, 1.165) is 28.0 Å². The summed E-state index contributed by atoms with van der Waals surface area (Å²) in [6.45, 7) is -0.0909. The van der Waals surface area contributed by atoms with E-state index in [1.807, 2.05) is 54.6 Å². The molecule has 0 saturated heterocycles. The molecule has 6 nitrogen and oxygen atoms in total. The van der Waals surface area contributed by atoms with Gasteiger partial charge in [0, 0.05) is 7.05 Å². The largest absolute Gasteiger partial charge is 0.482 e. The number of esters is 1. The average Bonchev–Trinajstić information content (AvgIpc) is 3.43. The number of carbonyl (C=O) groups excluding carboxylic acids is 1. The normalized spacial score (nSPS) is 11.1. The van der Waals surface area contributed by atoms with Crippen LogP contribution in [0.4, 0.5) is 5.69 Å². The molecular weight excluding hydrogens is 470 g/mol. The van der Waals surface area contributed by atoms with E-state index in [0.29, 0.717) is 11.4 Å². The molecule has 1 aromatic heterocycles. The highest BCUT2D eigenvalue weighted by Crippen LogP contribution is 2.26. The van der Waals surface area contributed by atoms with Crippen molar-refractivity contribution in [1.82, 2.24) is 0 Å². The van der Waals surface area contributed by atoms with Gasteiger partial charge in [0.05, 0.1) is 5.69 Å². The number of nitrogens with zero attached hydrogens (tertiary/aromatic N) is 1. The van der Waals surface area contributed by atoms with Crippen molar-refractivity contribution >= 4 is 33.0 Å². The number of ether oxygens (including phenoxy) is 2. The minimum Gasteiger partial charge on any atom is -0.482 e. The summed E-state index contributed by atoms with van der Waals surface area (Å²) in [7, 11) is -2.11. The van der Waals surface area contributed by atoms with Crippen LogP contribution in [0.25, 0.3) is 11.1 Å². The van der Waals surface area contributed by atoms with Gasteiger partial charge in [-0.25, -0.2) is 13.2 Å². The van der Waals surface area contributed by atoms with E-state index in [2.05, 4.69) is 0 Å². The van der Waals surface area contributed by atoms with Crippen molar-refractivity contribution in [2.24, 2.45) is 0 Å². The Balaban J connectivity index is 1.26. The summed E-state index contributed by atoms with van der Waals surface area (Å²) in [6.07, 6.45) is 0. The maximum atomic E-state index is 12.6. The zero-order chi connectivity index (χ0) is 24.0. The molecular formula is C26H23NO5S2. The number of thiophene rings is 1. The van der Waals surface area contributed by atoms with Gasteiger partial charge in [0.2, 0.25) is 0 Å². The molecule has 8 heteroatoms. The zero-order valence-corrected chi connectivity index (χ0v) is 20.1. The van der Waals surface area contributed by atoms with Gasteiger partial charge in [-0.3, -0.25) is 4.31 Å². The number of benzene rings is 3. The second kappa shape index (κ2) is 10.5. The van der Waals surface area contributed by atoms with Crippen molar-refractivity contribution in [3.63, 3.8) is 0 Å². The maximum Gasteiger partial charge on any atom is 0.344 e. The first-order valence-corrected chi connectivity index (χ1v) is 12.8. The molecule has 34 heavy (non-hydrogen) atoms. The third-order valence-corrected chi connectivity index (χ3v) is 8.29. The van der Waals surface area contributed by atoms with Crippen molar-refractivity contribution < 1.29 is 22.7 Å². The van der Waals surface area contributed by atoms with Gasteiger partial charge >= 0.3 is 5.97 Å². The summed E-state index contributed by atoms with van der Waals surface area (Å²) in [6, 6.07) is 27.6. The lowest BCUT2D eigenvalue weighted by molar-refractivity contribution is -0.147. The van der Waals surface area contributed by atoms with Crippen LogP contribution in [-0.2, 0) is 26.2 Å². The molecule has 0 atom stereocenters. The molecule has 0 aliphatic rings. The second-order valence-electron chi connectivity index (χ2n) is 7.41. The predicted octanol–water partition coefficient (Wildman–Crippen LogP) is 5.36. The molecule has 0 bridgehead atoms. The highest BCUT2D eigenvalue weighted by molar-refractivity contribution is 7.94. The summed E-state index contributed by atoms with van der Waals surface area (Å²) < 4.78 is 37.5. The molecule has 1 heterocycles. The number of hydrogen-bond donors (Lipinski definition) is 0. The van der Waals surface area contributed by atoms with Gasteiger partial charge in [0.25, 0.3) is 10.0 Å². The summed E-state index contributed by atoms with van der Waals surface area (Å²) in [4.78, 5) is 12.1. The zero-order valence-electron chi connectivity index (χ0n) is 18.5. The van der Waals surface area contributed by atoms with Crippen molar-refractivity contribution in [3.8, 4) is 16.9 Å². The van der Waals surface area contributed by atoms with Crippen LogP contribution in [0.15, 0.2) is 101 Å². The van der Waals surface area contributed by atoms with Crippen LogP contribution in [0.3, 0.4) is 0 Å². The van der Waals surface area contributed by atoms with Gasteiger partial charge in [0.15, 0.2) is 6.61 Å². The molecule has 0 aliphatic carbocycles. The number of anilines is 1. The van der Waals surface area contributed by atoms with E-state index in [1.165, 1.54) is 11.4 Å². The Hall–Kier alpha value is -3.62. The van der Waals surface area contributed by atoms with E-state index in [1.54, 1.807) is 41.8 Å². The fraction of sp³-hybridized carbons (Fsp3) is 0.115. The van der Waals surface area contributed by atoms with Crippen LogP contribution >= 0.6 is 11.3 Å². The molecule has 0 fully saturated rings. The Morgan fingerprint density at radius 3 is 2.18 bits per heavy atom. The first kappa shape index (κ1) is 23.5. The SMILES string of the molecule is CN(c1ccc(OCC(=O)OCc2ccc(-c3ccccc3)cc2)cc1)S(=O)(=O)c1cccs1. The van der Waals surface area contributed by atoms with Crippen molar-refractivity contribution in [1.29, 1.82) is 0 Å². The van der Waals surface area contributed by atoms with Gasteiger partial charge in [-0.15, -0.1) is 11.3 Å². The van der Waals surface area contributed by atoms with Crippen LogP contribution < -0.4 is 9.04 Å². The Bertz CT molecular complexity index is 1320. The van der Waals surface area contributed by atoms with Gasteiger partial charge in [0.1, 0.15) is 16.6 Å². The molecule has 0 saturated carbocycles. The third kappa shape index (κ3) is 5.65. The molecule has 0 spiro atoms. The maximum absolute atomic E-state index is 12.6. The number of hydrogen-bond acceptors (Lipinski definition) is 6. The molecule has 174 valence electrons. The highest BCUT2D eigenvalue weighted by Gasteiger charge is 2.22. The molecule has 0 unspecified atom stereocenters. The van der Waals surface area contributed by atoms with Gasteiger partial charge in [-0.05, 0) is 52.4 Å². The molecule has 4 rings (SSSR count). The van der Waals surface area contributed by atoms with Crippen LogP contribution in [-0.4, -0.2) is 28.0 Å². The number of sulfonamides is 1. The summed E-state index contributed by atoms with van der Waals surface area (Å²) in [5, 5.41) is 1.72. The summed E-state index contributed by atoms with van der Waals surface area (Å²) >= 11 is 1.16. The smallest absolute Gasteiger partial charge is 0.344 e. The number of carbonyl (C=O) groups is 1. The molecule has 0 aliphatic heterocycles. The van der Waals surface area contributed by atoms with Crippen LogP contribution in [0.2, 0.25) is 0 Å². The minimum atomic E-state index is -3.60. The lowest BCUT2D eigenvalue weighted by Crippen LogP contribution is -2.25.